The molecular weight excluding hydrogens is 408 g/mol. The van der Waals surface area contributed by atoms with Gasteiger partial charge in [0.25, 0.3) is 5.91 Å². The number of primary amides is 1. The van der Waals surface area contributed by atoms with E-state index in [1.54, 1.807) is 12.1 Å². The zero-order chi connectivity index (χ0) is 21.0. The van der Waals surface area contributed by atoms with Gasteiger partial charge in [-0.3, -0.25) is 14.5 Å². The number of nitrogens with two attached hydrogens (primary N) is 1. The van der Waals surface area contributed by atoms with Gasteiger partial charge in [-0.1, -0.05) is 24.0 Å². The molecular formula is C17H18N2O7S2. The van der Waals surface area contributed by atoms with E-state index in [0.29, 0.717) is 22.8 Å². The SMILES string of the molecule is COc1cc(/C=C2\SC(=S)N(C(CC(N)=O)C(=O)O)C2=O)cc(OC)c1OC. The number of hydrogen-bond acceptors (Lipinski definition) is 8. The van der Waals surface area contributed by atoms with Crippen LogP contribution in [-0.2, 0) is 14.4 Å². The van der Waals surface area contributed by atoms with Crippen molar-refractivity contribution in [1.29, 1.82) is 0 Å². The molecule has 2 rings (SSSR count). The maximum absolute atomic E-state index is 12.7. The van der Waals surface area contributed by atoms with Crippen LogP contribution < -0.4 is 19.9 Å². The number of carboxylic acids is 1. The number of rotatable bonds is 8. The van der Waals surface area contributed by atoms with E-state index in [1.807, 2.05) is 0 Å². The van der Waals surface area contributed by atoms with Crippen molar-refractivity contribution in [3.8, 4) is 17.2 Å². The van der Waals surface area contributed by atoms with Crippen LogP contribution in [0.2, 0.25) is 0 Å². The molecule has 1 aromatic carbocycles. The van der Waals surface area contributed by atoms with Crippen LogP contribution in [0, 0.1) is 0 Å². The lowest BCUT2D eigenvalue weighted by Crippen LogP contribution is -2.46. The summed E-state index contributed by atoms with van der Waals surface area (Å²) in [6.07, 6.45) is 0.978. The molecule has 0 aliphatic carbocycles. The topological polar surface area (TPSA) is 128 Å². The van der Waals surface area contributed by atoms with Gasteiger partial charge in [0, 0.05) is 0 Å². The molecule has 1 unspecified atom stereocenters. The number of aliphatic carboxylic acids is 1. The number of ether oxygens (including phenoxy) is 3. The molecule has 28 heavy (non-hydrogen) atoms. The van der Waals surface area contributed by atoms with Gasteiger partial charge in [0.1, 0.15) is 10.4 Å². The first kappa shape index (κ1) is 21.5. The standard InChI is InChI=1S/C17H18N2O7S2/c1-24-10-4-8(5-11(25-2)14(10)26-3)6-12-15(21)19(17(27)28-12)9(16(22)23)7-13(18)20/h4-6,9H,7H2,1-3H3,(H2,18,20)(H,22,23)/b12-6-. The fourth-order valence-corrected chi connectivity index (χ4v) is 3.92. The van der Waals surface area contributed by atoms with Crippen LogP contribution in [0.3, 0.4) is 0 Å². The van der Waals surface area contributed by atoms with Crippen LogP contribution in [0.15, 0.2) is 17.0 Å². The number of methoxy groups -OCH3 is 3. The van der Waals surface area contributed by atoms with Gasteiger partial charge in [-0.25, -0.2) is 4.79 Å². The second kappa shape index (κ2) is 8.93. The summed E-state index contributed by atoms with van der Waals surface area (Å²) < 4.78 is 15.8. The first-order chi connectivity index (χ1) is 13.2. The molecule has 3 N–H and O–H groups in total. The summed E-state index contributed by atoms with van der Waals surface area (Å²) in [6.45, 7) is 0. The Kier molecular flexibility index (Phi) is 6.86. The highest BCUT2D eigenvalue weighted by Gasteiger charge is 2.41. The van der Waals surface area contributed by atoms with E-state index < -0.39 is 30.2 Å². The molecule has 1 saturated heterocycles. The maximum atomic E-state index is 12.7. The molecule has 2 amide bonds. The normalized spacial score (nSPS) is 16.2. The first-order valence-electron chi connectivity index (χ1n) is 7.81. The lowest BCUT2D eigenvalue weighted by molar-refractivity contribution is -0.146. The van der Waals surface area contributed by atoms with Crippen LogP contribution in [0.4, 0.5) is 0 Å². The van der Waals surface area contributed by atoms with Gasteiger partial charge in [-0.2, -0.15) is 0 Å². The van der Waals surface area contributed by atoms with Crippen LogP contribution >= 0.6 is 24.0 Å². The van der Waals surface area contributed by atoms with Gasteiger partial charge in [-0.05, 0) is 23.8 Å². The minimum absolute atomic E-state index is 0.0253. The van der Waals surface area contributed by atoms with Crippen LogP contribution in [-0.4, -0.2) is 59.5 Å². The Hall–Kier alpha value is -2.79. The Balaban J connectivity index is 2.43. The van der Waals surface area contributed by atoms with Crippen molar-refractivity contribution in [3.63, 3.8) is 0 Å². The fraction of sp³-hybridized carbons (Fsp3) is 0.294. The zero-order valence-electron chi connectivity index (χ0n) is 15.3. The average Bonchev–Trinajstić information content (AvgIpc) is 2.91. The summed E-state index contributed by atoms with van der Waals surface area (Å²) in [7, 11) is 4.39. The summed E-state index contributed by atoms with van der Waals surface area (Å²) in [5, 5.41) is 9.35. The van der Waals surface area contributed by atoms with Crippen molar-refractivity contribution in [1.82, 2.24) is 4.90 Å². The van der Waals surface area contributed by atoms with Crippen molar-refractivity contribution >= 4 is 52.2 Å². The number of carboxylic acid groups (broad SMARTS) is 1. The van der Waals surface area contributed by atoms with Crippen LogP contribution in [0.1, 0.15) is 12.0 Å². The summed E-state index contributed by atoms with van der Waals surface area (Å²) in [6, 6.07) is 1.80. The molecule has 0 aromatic heterocycles. The van der Waals surface area contributed by atoms with Crippen LogP contribution in [0.5, 0.6) is 17.2 Å². The summed E-state index contributed by atoms with van der Waals surface area (Å²) in [4.78, 5) is 36.5. The van der Waals surface area contributed by atoms with Crippen molar-refractivity contribution in [2.24, 2.45) is 5.73 Å². The molecule has 1 atom stereocenters. The Bertz CT molecular complexity index is 844. The number of amides is 2. The average molecular weight is 426 g/mol. The molecule has 9 nitrogen and oxygen atoms in total. The zero-order valence-corrected chi connectivity index (χ0v) is 16.9. The molecule has 150 valence electrons. The lowest BCUT2D eigenvalue weighted by atomic mass is 10.1. The summed E-state index contributed by atoms with van der Waals surface area (Å²) in [5.74, 6) is -1.68. The largest absolute Gasteiger partial charge is 0.493 e. The number of hydrogen-bond donors (Lipinski definition) is 2. The summed E-state index contributed by atoms with van der Waals surface area (Å²) >= 11 is 6.07. The Morgan fingerprint density at radius 2 is 1.82 bits per heavy atom. The smallest absolute Gasteiger partial charge is 0.327 e. The van der Waals surface area contributed by atoms with E-state index in [-0.39, 0.29) is 9.23 Å². The van der Waals surface area contributed by atoms with E-state index in [4.69, 9.17) is 32.2 Å². The highest BCUT2D eigenvalue weighted by Crippen LogP contribution is 2.40. The molecule has 11 heteroatoms. The second-order valence-electron chi connectivity index (χ2n) is 5.53. The molecule has 1 fully saturated rings. The molecule has 0 spiro atoms. The third kappa shape index (κ3) is 4.37. The minimum atomic E-state index is -1.46. The predicted molar refractivity (Wildman–Crippen MR) is 106 cm³/mol. The molecule has 0 saturated carbocycles. The number of thiocarbonyl (C=S) groups is 1. The molecule has 1 aliphatic heterocycles. The van der Waals surface area contributed by atoms with Gasteiger partial charge in [0.05, 0.1) is 32.7 Å². The molecule has 1 aliphatic rings. The van der Waals surface area contributed by atoms with Gasteiger partial charge in [0.2, 0.25) is 11.7 Å². The third-order valence-electron chi connectivity index (χ3n) is 3.80. The van der Waals surface area contributed by atoms with Gasteiger partial charge >= 0.3 is 5.97 Å². The predicted octanol–water partition coefficient (Wildman–Crippen LogP) is 1.24. The molecule has 1 heterocycles. The van der Waals surface area contributed by atoms with Gasteiger partial charge in [0.15, 0.2) is 11.5 Å². The van der Waals surface area contributed by atoms with E-state index in [9.17, 15) is 19.5 Å². The van der Waals surface area contributed by atoms with Crippen molar-refractivity contribution in [2.45, 2.75) is 12.5 Å². The second-order valence-corrected chi connectivity index (χ2v) is 7.21. The lowest BCUT2D eigenvalue weighted by Gasteiger charge is -2.21. The van der Waals surface area contributed by atoms with E-state index >= 15 is 0 Å². The van der Waals surface area contributed by atoms with Gasteiger partial charge < -0.3 is 25.1 Å². The summed E-state index contributed by atoms with van der Waals surface area (Å²) in [5.41, 5.74) is 5.65. The van der Waals surface area contributed by atoms with E-state index in [0.717, 1.165) is 16.7 Å². The highest BCUT2D eigenvalue weighted by atomic mass is 32.2. The van der Waals surface area contributed by atoms with E-state index in [1.165, 1.54) is 27.4 Å². The van der Waals surface area contributed by atoms with Crippen LogP contribution in [0.25, 0.3) is 6.08 Å². The minimum Gasteiger partial charge on any atom is -0.493 e. The maximum Gasteiger partial charge on any atom is 0.327 e. The number of carbonyl (C=O) groups is 3. The quantitative estimate of drug-likeness (QED) is 0.466. The molecule has 0 bridgehead atoms. The fourth-order valence-electron chi connectivity index (χ4n) is 2.56. The molecule has 1 aromatic rings. The first-order valence-corrected chi connectivity index (χ1v) is 9.04. The van der Waals surface area contributed by atoms with Gasteiger partial charge in [-0.15, -0.1) is 0 Å². The van der Waals surface area contributed by atoms with E-state index in [2.05, 4.69) is 0 Å². The monoisotopic (exact) mass is 426 g/mol. The number of nitrogens with zero attached hydrogens (tertiary/aromatic N) is 1. The van der Waals surface area contributed by atoms with Crippen molar-refractivity contribution < 1.29 is 33.7 Å². The number of carbonyl (C=O) groups excluding carboxylic acids is 2. The van der Waals surface area contributed by atoms with Crippen molar-refractivity contribution in [3.05, 3.63) is 22.6 Å². The number of thioether (sulfide) groups is 1. The molecule has 0 radical (unpaired) electrons. The Labute approximate surface area is 170 Å². The van der Waals surface area contributed by atoms with Crippen molar-refractivity contribution in [2.75, 3.05) is 21.3 Å². The third-order valence-corrected chi connectivity index (χ3v) is 5.13. The highest BCUT2D eigenvalue weighted by molar-refractivity contribution is 8.26. The Morgan fingerprint density at radius 1 is 1.25 bits per heavy atom. The number of benzene rings is 1. The Morgan fingerprint density at radius 3 is 2.25 bits per heavy atom.